The monoisotopic (exact) mass is 362 g/mol. The molecular weight excluding hydrogens is 351 g/mol. The van der Waals surface area contributed by atoms with Crippen LogP contribution in [0.4, 0.5) is 0 Å². The number of hydrogen-bond donors (Lipinski definition) is 0. The highest BCUT2D eigenvalue weighted by Gasteiger charge is 2.04. The molecule has 116 valence electrons. The van der Waals surface area contributed by atoms with Crippen LogP contribution in [0.25, 0.3) is 0 Å². The highest BCUT2D eigenvalue weighted by atomic mass is 35.5. The van der Waals surface area contributed by atoms with Crippen LogP contribution in [-0.2, 0) is 6.54 Å². The molecule has 0 unspecified atom stereocenters. The van der Waals surface area contributed by atoms with Gasteiger partial charge in [0.25, 0.3) is 0 Å². The largest absolute Gasteiger partial charge is 0.232 e. The molecule has 0 fully saturated rings. The van der Waals surface area contributed by atoms with Crippen LogP contribution < -0.4 is 0 Å². The molecule has 2 aromatic carbocycles. The quantitative estimate of drug-likeness (QED) is 0.500. The normalized spacial score (nSPS) is 11.2. The predicted molar refractivity (Wildman–Crippen MR) is 96.0 cm³/mol. The summed E-state index contributed by atoms with van der Waals surface area (Å²) in [6.45, 7) is 0.493. The maximum atomic E-state index is 6.17. The van der Waals surface area contributed by atoms with Crippen LogP contribution in [0.3, 0.4) is 0 Å². The van der Waals surface area contributed by atoms with Gasteiger partial charge in [0.05, 0.1) is 12.8 Å². The summed E-state index contributed by atoms with van der Waals surface area (Å²) in [5.74, 6) is 0. The zero-order valence-corrected chi connectivity index (χ0v) is 14.3. The molecule has 0 amide bonds. The fraction of sp³-hybridized carbons (Fsp3) is 0.0625. The molecule has 0 N–H and O–H groups in total. The molecule has 1 aromatic heterocycles. The van der Waals surface area contributed by atoms with Crippen molar-refractivity contribution in [2.45, 2.75) is 6.54 Å². The average molecular weight is 363 g/mol. The van der Waals surface area contributed by atoms with Crippen LogP contribution in [0.1, 0.15) is 11.1 Å². The van der Waals surface area contributed by atoms with E-state index in [0.29, 0.717) is 21.4 Å². The molecule has 23 heavy (non-hydrogen) atoms. The minimum atomic E-state index is 0.480. The van der Waals surface area contributed by atoms with E-state index in [0.717, 1.165) is 11.1 Å². The standard InChI is InChI=1S/C16H12Cl2N4S/c17-14-7-3-1-5-12(14)9-19-22-11-20-21(16(22)23)10-13-6-2-4-8-15(13)18/h1-9,11H,10H2. The lowest BCUT2D eigenvalue weighted by Gasteiger charge is -2.03. The highest BCUT2D eigenvalue weighted by molar-refractivity contribution is 7.71. The Morgan fingerprint density at radius 2 is 1.74 bits per heavy atom. The number of aromatic nitrogens is 3. The van der Waals surface area contributed by atoms with E-state index in [4.69, 9.17) is 35.4 Å². The summed E-state index contributed by atoms with van der Waals surface area (Å²) in [4.78, 5) is 0. The second-order valence-electron chi connectivity index (χ2n) is 4.77. The second kappa shape index (κ2) is 7.08. The number of rotatable bonds is 4. The summed E-state index contributed by atoms with van der Waals surface area (Å²) in [7, 11) is 0. The third kappa shape index (κ3) is 3.69. The molecule has 0 bridgehead atoms. The van der Waals surface area contributed by atoms with Gasteiger partial charge in [0.1, 0.15) is 6.33 Å². The first-order valence-corrected chi connectivity index (χ1v) is 7.98. The zero-order chi connectivity index (χ0) is 16.2. The summed E-state index contributed by atoms with van der Waals surface area (Å²) in [6.07, 6.45) is 3.21. The van der Waals surface area contributed by atoms with Gasteiger partial charge in [-0.05, 0) is 29.9 Å². The Balaban J connectivity index is 1.84. The van der Waals surface area contributed by atoms with Gasteiger partial charge >= 0.3 is 0 Å². The molecule has 4 nitrogen and oxygen atoms in total. The van der Waals surface area contributed by atoms with Crippen molar-refractivity contribution in [3.05, 3.63) is 80.8 Å². The first-order chi connectivity index (χ1) is 11.1. The Labute approximate surface area is 148 Å². The van der Waals surface area contributed by atoms with Gasteiger partial charge in [-0.15, -0.1) is 0 Å². The summed E-state index contributed by atoms with van der Waals surface area (Å²) >= 11 is 17.7. The minimum Gasteiger partial charge on any atom is -0.232 e. The number of nitrogens with zero attached hydrogens (tertiary/aromatic N) is 4. The Hall–Kier alpha value is -1.95. The molecule has 0 saturated heterocycles. The molecule has 0 aliphatic heterocycles. The average Bonchev–Trinajstić information content (AvgIpc) is 2.89. The van der Waals surface area contributed by atoms with E-state index in [9.17, 15) is 0 Å². The predicted octanol–water partition coefficient (Wildman–Crippen LogP) is 4.65. The third-order valence-electron chi connectivity index (χ3n) is 3.22. The van der Waals surface area contributed by atoms with Gasteiger partial charge in [0.15, 0.2) is 0 Å². The fourth-order valence-corrected chi connectivity index (χ4v) is 2.59. The van der Waals surface area contributed by atoms with Crippen LogP contribution in [-0.4, -0.2) is 20.7 Å². The lowest BCUT2D eigenvalue weighted by Crippen LogP contribution is -2.03. The van der Waals surface area contributed by atoms with Crippen molar-refractivity contribution in [3.8, 4) is 0 Å². The zero-order valence-electron chi connectivity index (χ0n) is 11.9. The Kier molecular flexibility index (Phi) is 4.91. The van der Waals surface area contributed by atoms with Crippen LogP contribution in [0.2, 0.25) is 10.0 Å². The first kappa shape index (κ1) is 15.9. The Bertz CT molecular complexity index is 914. The molecule has 0 aliphatic carbocycles. The molecule has 7 heteroatoms. The van der Waals surface area contributed by atoms with Crippen LogP contribution >= 0.6 is 35.4 Å². The van der Waals surface area contributed by atoms with Crippen molar-refractivity contribution in [2.24, 2.45) is 5.10 Å². The van der Waals surface area contributed by atoms with Crippen molar-refractivity contribution < 1.29 is 0 Å². The topological polar surface area (TPSA) is 35.1 Å². The van der Waals surface area contributed by atoms with E-state index >= 15 is 0 Å². The third-order valence-corrected chi connectivity index (χ3v) is 4.33. The van der Waals surface area contributed by atoms with E-state index < -0.39 is 0 Å². The van der Waals surface area contributed by atoms with Gasteiger partial charge in [-0.25, -0.2) is 4.68 Å². The number of benzene rings is 2. The lowest BCUT2D eigenvalue weighted by atomic mass is 10.2. The first-order valence-electron chi connectivity index (χ1n) is 6.82. The van der Waals surface area contributed by atoms with Crippen LogP contribution in [0.5, 0.6) is 0 Å². The summed E-state index contributed by atoms with van der Waals surface area (Å²) in [6, 6.07) is 15.0. The smallest absolute Gasteiger partial charge is 0.219 e. The summed E-state index contributed by atoms with van der Waals surface area (Å²) in [5.41, 5.74) is 1.76. The van der Waals surface area contributed by atoms with E-state index in [1.807, 2.05) is 48.5 Å². The second-order valence-corrected chi connectivity index (χ2v) is 5.95. The Morgan fingerprint density at radius 3 is 2.48 bits per heavy atom. The SMILES string of the molecule is S=c1n(N=Cc2ccccc2Cl)cnn1Cc1ccccc1Cl. The van der Waals surface area contributed by atoms with Gasteiger partial charge in [-0.2, -0.15) is 14.9 Å². The molecule has 3 aromatic rings. The van der Waals surface area contributed by atoms with Crippen molar-refractivity contribution in [1.29, 1.82) is 0 Å². The maximum Gasteiger partial charge on any atom is 0.219 e. The van der Waals surface area contributed by atoms with Crippen molar-refractivity contribution in [3.63, 3.8) is 0 Å². The van der Waals surface area contributed by atoms with Gasteiger partial charge in [0, 0.05) is 15.6 Å². The molecule has 1 heterocycles. The lowest BCUT2D eigenvalue weighted by molar-refractivity contribution is 0.666. The van der Waals surface area contributed by atoms with Crippen LogP contribution in [0, 0.1) is 4.77 Å². The van der Waals surface area contributed by atoms with E-state index in [-0.39, 0.29) is 0 Å². The molecule has 3 rings (SSSR count). The van der Waals surface area contributed by atoms with Crippen molar-refractivity contribution in [1.82, 2.24) is 14.5 Å². The number of hydrogen-bond acceptors (Lipinski definition) is 3. The van der Waals surface area contributed by atoms with Crippen molar-refractivity contribution >= 4 is 41.6 Å². The minimum absolute atomic E-state index is 0.480. The van der Waals surface area contributed by atoms with Gasteiger partial charge in [0.2, 0.25) is 4.77 Å². The van der Waals surface area contributed by atoms with Gasteiger partial charge < -0.3 is 0 Å². The molecule has 0 atom stereocenters. The van der Waals surface area contributed by atoms with E-state index in [1.165, 1.54) is 4.68 Å². The Morgan fingerprint density at radius 1 is 1.04 bits per heavy atom. The number of halogens is 2. The van der Waals surface area contributed by atoms with Crippen LogP contribution in [0.15, 0.2) is 60.0 Å². The van der Waals surface area contributed by atoms with E-state index in [2.05, 4.69) is 10.2 Å². The van der Waals surface area contributed by atoms with Gasteiger partial charge in [-0.1, -0.05) is 59.6 Å². The molecule has 0 spiro atoms. The van der Waals surface area contributed by atoms with Gasteiger partial charge in [-0.3, -0.25) is 0 Å². The molecule has 0 radical (unpaired) electrons. The fourth-order valence-electron chi connectivity index (χ4n) is 2.01. The molecular formula is C16H12Cl2N4S. The van der Waals surface area contributed by atoms with Crippen molar-refractivity contribution in [2.75, 3.05) is 0 Å². The molecule has 0 saturated carbocycles. The summed E-state index contributed by atoms with van der Waals surface area (Å²) < 4.78 is 3.67. The maximum absolute atomic E-state index is 6.17. The highest BCUT2D eigenvalue weighted by Crippen LogP contribution is 2.16. The molecule has 0 aliphatic rings. The van der Waals surface area contributed by atoms with E-state index in [1.54, 1.807) is 17.2 Å². The summed E-state index contributed by atoms with van der Waals surface area (Å²) in [5, 5.41) is 9.88.